The van der Waals surface area contributed by atoms with Gasteiger partial charge in [-0.3, -0.25) is 4.57 Å². The fraction of sp³-hybridized carbons (Fsp3) is 0.133. The number of methoxy groups -OCH3 is 2. The summed E-state index contributed by atoms with van der Waals surface area (Å²) >= 11 is 0. The Labute approximate surface area is 141 Å². The number of nitrogens with one attached hydrogen (secondary N) is 1. The van der Waals surface area contributed by atoms with Crippen LogP contribution in [0.3, 0.4) is 0 Å². The molecule has 1 aromatic heterocycles. The predicted octanol–water partition coefficient (Wildman–Crippen LogP) is 0.607. The molecule has 1 heterocycles. The molecule has 0 radical (unpaired) electrons. The molecule has 25 heavy (non-hydrogen) atoms. The summed E-state index contributed by atoms with van der Waals surface area (Å²) in [6.45, 7) is 0. The highest BCUT2D eigenvalue weighted by Gasteiger charge is 2.18. The number of aromatic nitrogens is 3. The van der Waals surface area contributed by atoms with Gasteiger partial charge in [0, 0.05) is 0 Å². The fourth-order valence-corrected chi connectivity index (χ4v) is 1.89. The van der Waals surface area contributed by atoms with E-state index in [0.717, 1.165) is 20.3 Å². The van der Waals surface area contributed by atoms with Crippen molar-refractivity contribution in [2.75, 3.05) is 19.5 Å². The molecule has 0 fully saturated rings. The zero-order valence-corrected chi connectivity index (χ0v) is 13.3. The SMILES string of the molecule is COC(=O)/C=C(/Nc1cc(-n2cnnc2)ccc1C(=O)O)C(=O)OC. The van der Waals surface area contributed by atoms with Gasteiger partial charge in [0.05, 0.1) is 37.2 Å². The van der Waals surface area contributed by atoms with Gasteiger partial charge in [0.2, 0.25) is 0 Å². The van der Waals surface area contributed by atoms with Crippen molar-refractivity contribution in [2.24, 2.45) is 0 Å². The van der Waals surface area contributed by atoms with Gasteiger partial charge in [-0.05, 0) is 18.2 Å². The van der Waals surface area contributed by atoms with Crippen LogP contribution in [0.2, 0.25) is 0 Å². The van der Waals surface area contributed by atoms with E-state index in [4.69, 9.17) is 0 Å². The average molecular weight is 346 g/mol. The minimum absolute atomic E-state index is 0.0688. The third-order valence-electron chi connectivity index (χ3n) is 3.09. The summed E-state index contributed by atoms with van der Waals surface area (Å²) in [7, 11) is 2.27. The first kappa shape index (κ1) is 17.7. The third-order valence-corrected chi connectivity index (χ3v) is 3.09. The molecule has 0 saturated heterocycles. The van der Waals surface area contributed by atoms with Gasteiger partial charge in [0.1, 0.15) is 18.4 Å². The van der Waals surface area contributed by atoms with Crippen LogP contribution in [0.25, 0.3) is 5.69 Å². The van der Waals surface area contributed by atoms with E-state index < -0.39 is 17.9 Å². The lowest BCUT2D eigenvalue weighted by atomic mass is 10.1. The number of aromatic carboxylic acids is 1. The molecule has 0 aliphatic carbocycles. The quantitative estimate of drug-likeness (QED) is 0.570. The van der Waals surface area contributed by atoms with E-state index in [1.54, 1.807) is 10.6 Å². The molecule has 0 atom stereocenters. The number of carbonyl (C=O) groups excluding carboxylic acids is 2. The highest BCUT2D eigenvalue weighted by Crippen LogP contribution is 2.22. The van der Waals surface area contributed by atoms with E-state index in [1.165, 1.54) is 24.8 Å². The van der Waals surface area contributed by atoms with Crippen molar-refractivity contribution in [1.82, 2.24) is 14.8 Å². The Morgan fingerprint density at radius 2 is 1.84 bits per heavy atom. The molecule has 0 unspecified atom stereocenters. The monoisotopic (exact) mass is 346 g/mol. The Morgan fingerprint density at radius 1 is 1.16 bits per heavy atom. The number of nitrogens with zero attached hydrogens (tertiary/aromatic N) is 3. The maximum Gasteiger partial charge on any atom is 0.354 e. The topological polar surface area (TPSA) is 133 Å². The second kappa shape index (κ2) is 7.73. The lowest BCUT2D eigenvalue weighted by Gasteiger charge is -2.13. The van der Waals surface area contributed by atoms with Gasteiger partial charge in [-0.15, -0.1) is 10.2 Å². The second-order valence-electron chi connectivity index (χ2n) is 4.60. The molecule has 2 N–H and O–H groups in total. The van der Waals surface area contributed by atoms with Crippen LogP contribution in [-0.4, -0.2) is 52.0 Å². The average Bonchev–Trinajstić information content (AvgIpc) is 3.14. The lowest BCUT2D eigenvalue weighted by molar-refractivity contribution is -0.138. The van der Waals surface area contributed by atoms with Gasteiger partial charge < -0.3 is 19.9 Å². The maximum atomic E-state index is 11.8. The molecule has 0 aliphatic rings. The van der Waals surface area contributed by atoms with Gasteiger partial charge in [0.15, 0.2) is 0 Å². The normalized spacial score (nSPS) is 10.9. The minimum atomic E-state index is -1.22. The van der Waals surface area contributed by atoms with Crippen molar-refractivity contribution in [3.63, 3.8) is 0 Å². The lowest BCUT2D eigenvalue weighted by Crippen LogP contribution is -2.17. The summed E-state index contributed by atoms with van der Waals surface area (Å²) in [6.07, 6.45) is 3.71. The molecule has 130 valence electrons. The fourth-order valence-electron chi connectivity index (χ4n) is 1.89. The first-order valence-electron chi connectivity index (χ1n) is 6.83. The summed E-state index contributed by atoms with van der Waals surface area (Å²) in [4.78, 5) is 34.7. The summed E-state index contributed by atoms with van der Waals surface area (Å²) in [6, 6.07) is 4.34. The van der Waals surface area contributed by atoms with E-state index >= 15 is 0 Å². The van der Waals surface area contributed by atoms with Crippen molar-refractivity contribution in [3.05, 3.63) is 48.2 Å². The van der Waals surface area contributed by atoms with Crippen molar-refractivity contribution < 1.29 is 29.0 Å². The first-order valence-corrected chi connectivity index (χ1v) is 6.83. The third kappa shape index (κ3) is 4.19. The second-order valence-corrected chi connectivity index (χ2v) is 4.60. The molecule has 2 aromatic rings. The van der Waals surface area contributed by atoms with E-state index in [1.807, 2.05) is 0 Å². The Hall–Kier alpha value is -3.69. The molecule has 0 amide bonds. The largest absolute Gasteiger partial charge is 0.478 e. The van der Waals surface area contributed by atoms with Gasteiger partial charge in [0.25, 0.3) is 0 Å². The highest BCUT2D eigenvalue weighted by atomic mass is 16.5. The number of hydrogen-bond donors (Lipinski definition) is 2. The minimum Gasteiger partial charge on any atom is -0.478 e. The van der Waals surface area contributed by atoms with Gasteiger partial charge in [-0.1, -0.05) is 0 Å². The summed E-state index contributed by atoms with van der Waals surface area (Å²) in [5.41, 5.74) is 0.216. The number of carboxylic acids is 1. The first-order chi connectivity index (χ1) is 12.0. The maximum absolute atomic E-state index is 11.8. The molecule has 0 spiro atoms. The summed E-state index contributed by atoms with van der Waals surface area (Å²) < 4.78 is 10.6. The smallest absolute Gasteiger partial charge is 0.354 e. The molecule has 0 saturated carbocycles. The van der Waals surface area contributed by atoms with Gasteiger partial charge >= 0.3 is 17.9 Å². The number of anilines is 1. The van der Waals surface area contributed by atoms with Crippen molar-refractivity contribution in [1.29, 1.82) is 0 Å². The number of rotatable bonds is 6. The van der Waals surface area contributed by atoms with Crippen molar-refractivity contribution in [2.45, 2.75) is 0 Å². The van der Waals surface area contributed by atoms with Crippen LogP contribution in [0, 0.1) is 0 Å². The van der Waals surface area contributed by atoms with Crippen LogP contribution in [0.5, 0.6) is 0 Å². The highest BCUT2D eigenvalue weighted by molar-refractivity contribution is 6.01. The Kier molecular flexibility index (Phi) is 5.46. The molecular formula is C15H14N4O6. The van der Waals surface area contributed by atoms with Crippen molar-refractivity contribution in [3.8, 4) is 5.69 Å². The number of carboxylic acid groups (broad SMARTS) is 1. The number of esters is 2. The number of benzene rings is 1. The van der Waals surface area contributed by atoms with E-state index in [0.29, 0.717) is 5.69 Å². The van der Waals surface area contributed by atoms with Crippen LogP contribution in [0.1, 0.15) is 10.4 Å². The number of ether oxygens (including phenoxy) is 2. The molecule has 10 heteroatoms. The molecule has 0 bridgehead atoms. The zero-order chi connectivity index (χ0) is 18.4. The molecule has 2 rings (SSSR count). The number of hydrogen-bond acceptors (Lipinski definition) is 8. The molecule has 1 aromatic carbocycles. The standard InChI is InChI=1S/C15H14N4O6/c1-24-13(20)6-12(15(23)25-2)18-11-5-9(19-7-16-17-8-19)3-4-10(11)14(21)22/h3-8,18H,1-2H3,(H,21,22)/b12-6+. The van der Waals surface area contributed by atoms with Crippen LogP contribution < -0.4 is 5.32 Å². The zero-order valence-electron chi connectivity index (χ0n) is 13.3. The van der Waals surface area contributed by atoms with Crippen LogP contribution in [-0.2, 0) is 19.1 Å². The van der Waals surface area contributed by atoms with Crippen LogP contribution in [0.4, 0.5) is 5.69 Å². The Bertz CT molecular complexity index is 829. The Balaban J connectivity index is 2.48. The molecule has 10 nitrogen and oxygen atoms in total. The van der Waals surface area contributed by atoms with E-state index in [2.05, 4.69) is 25.0 Å². The predicted molar refractivity (Wildman–Crippen MR) is 84.1 cm³/mol. The number of carbonyl (C=O) groups is 3. The summed E-state index contributed by atoms with van der Waals surface area (Å²) in [5.74, 6) is -2.89. The van der Waals surface area contributed by atoms with E-state index in [-0.39, 0.29) is 16.9 Å². The van der Waals surface area contributed by atoms with Gasteiger partial charge in [-0.2, -0.15) is 0 Å². The Morgan fingerprint density at radius 3 is 2.40 bits per heavy atom. The van der Waals surface area contributed by atoms with Crippen LogP contribution >= 0.6 is 0 Å². The summed E-state index contributed by atoms with van der Waals surface area (Å²) in [5, 5.41) is 19.3. The van der Waals surface area contributed by atoms with Gasteiger partial charge in [-0.25, -0.2) is 14.4 Å². The molecular weight excluding hydrogens is 332 g/mol. The molecule has 0 aliphatic heterocycles. The van der Waals surface area contributed by atoms with E-state index in [9.17, 15) is 19.5 Å². The van der Waals surface area contributed by atoms with Crippen molar-refractivity contribution >= 4 is 23.6 Å². The van der Waals surface area contributed by atoms with Crippen LogP contribution in [0.15, 0.2) is 42.6 Å².